The molecular formula is C10H14O3S. The average Bonchev–Trinajstić information content (AvgIpc) is 2.07. The normalized spacial score (nSPS) is 21.9. The Labute approximate surface area is 86.0 Å². The fourth-order valence-corrected chi connectivity index (χ4v) is 2.85. The van der Waals surface area contributed by atoms with E-state index in [0.717, 1.165) is 5.57 Å². The van der Waals surface area contributed by atoms with E-state index in [1.165, 1.54) is 13.8 Å². The van der Waals surface area contributed by atoms with Crippen LogP contribution in [0.15, 0.2) is 11.1 Å². The first-order chi connectivity index (χ1) is 6.52. The summed E-state index contributed by atoms with van der Waals surface area (Å²) in [7, 11) is -0.761. The van der Waals surface area contributed by atoms with Crippen molar-refractivity contribution in [2.24, 2.45) is 0 Å². The smallest absolute Gasteiger partial charge is 0.163 e. The summed E-state index contributed by atoms with van der Waals surface area (Å²) in [4.78, 5) is 22.4. The molecule has 1 heterocycles. The van der Waals surface area contributed by atoms with Gasteiger partial charge in [-0.1, -0.05) is 5.57 Å². The van der Waals surface area contributed by atoms with Crippen molar-refractivity contribution in [2.75, 3.05) is 11.5 Å². The van der Waals surface area contributed by atoms with Gasteiger partial charge < -0.3 is 0 Å². The third-order valence-corrected chi connectivity index (χ3v) is 3.64. The van der Waals surface area contributed by atoms with Crippen LogP contribution in [0.5, 0.6) is 0 Å². The van der Waals surface area contributed by atoms with Crippen molar-refractivity contribution < 1.29 is 13.8 Å². The van der Waals surface area contributed by atoms with E-state index >= 15 is 0 Å². The minimum absolute atomic E-state index is 0.166. The Balaban J connectivity index is 2.94. The lowest BCUT2D eigenvalue weighted by Crippen LogP contribution is -2.18. The highest BCUT2D eigenvalue weighted by atomic mass is 32.2. The van der Waals surface area contributed by atoms with Gasteiger partial charge in [0.15, 0.2) is 11.6 Å². The van der Waals surface area contributed by atoms with Gasteiger partial charge in [0.05, 0.1) is 5.57 Å². The molecule has 1 saturated heterocycles. The van der Waals surface area contributed by atoms with Crippen LogP contribution in [0.1, 0.15) is 26.7 Å². The quantitative estimate of drug-likeness (QED) is 0.391. The van der Waals surface area contributed by atoms with Gasteiger partial charge in [0.1, 0.15) is 0 Å². The highest BCUT2D eigenvalue weighted by Crippen LogP contribution is 2.20. The van der Waals surface area contributed by atoms with Crippen LogP contribution in [-0.2, 0) is 20.4 Å². The van der Waals surface area contributed by atoms with E-state index < -0.39 is 10.8 Å². The largest absolute Gasteiger partial charge is 0.294 e. The van der Waals surface area contributed by atoms with E-state index in [0.29, 0.717) is 29.9 Å². The first-order valence-electron chi connectivity index (χ1n) is 4.61. The van der Waals surface area contributed by atoms with Crippen LogP contribution in [0.25, 0.3) is 0 Å². The maximum Gasteiger partial charge on any atom is 0.163 e. The Morgan fingerprint density at radius 2 is 1.50 bits per heavy atom. The summed E-state index contributed by atoms with van der Waals surface area (Å²) in [6, 6.07) is 0. The summed E-state index contributed by atoms with van der Waals surface area (Å²) in [6.45, 7) is 2.82. The van der Waals surface area contributed by atoms with Gasteiger partial charge in [0.25, 0.3) is 0 Å². The second-order valence-electron chi connectivity index (χ2n) is 3.44. The third-order valence-electron chi connectivity index (χ3n) is 2.32. The SMILES string of the molecule is CC(=O)C(C(C)=O)=C1CCS(=O)CC1. The Kier molecular flexibility index (Phi) is 3.75. The molecule has 0 aliphatic carbocycles. The molecule has 1 aliphatic rings. The van der Waals surface area contributed by atoms with Gasteiger partial charge >= 0.3 is 0 Å². The van der Waals surface area contributed by atoms with Crippen LogP contribution in [0.3, 0.4) is 0 Å². The average molecular weight is 214 g/mol. The number of Topliss-reactive ketones (excluding diaryl/α,β-unsaturated/α-hetero) is 2. The van der Waals surface area contributed by atoms with E-state index in [4.69, 9.17) is 0 Å². The Morgan fingerprint density at radius 1 is 1.07 bits per heavy atom. The van der Waals surface area contributed by atoms with E-state index in [1.54, 1.807) is 0 Å². The molecule has 0 bridgehead atoms. The van der Waals surface area contributed by atoms with E-state index in [1.807, 2.05) is 0 Å². The van der Waals surface area contributed by atoms with Crippen LogP contribution in [0, 0.1) is 0 Å². The number of allylic oxidation sites excluding steroid dienone is 2. The number of hydrogen-bond donors (Lipinski definition) is 0. The molecule has 1 fully saturated rings. The zero-order valence-corrected chi connectivity index (χ0v) is 9.28. The lowest BCUT2D eigenvalue weighted by Gasteiger charge is -2.16. The maximum absolute atomic E-state index is 11.2. The van der Waals surface area contributed by atoms with Crippen LogP contribution < -0.4 is 0 Å². The van der Waals surface area contributed by atoms with Crippen molar-refractivity contribution in [1.82, 2.24) is 0 Å². The molecule has 3 nitrogen and oxygen atoms in total. The van der Waals surface area contributed by atoms with Crippen molar-refractivity contribution in [3.63, 3.8) is 0 Å². The monoisotopic (exact) mass is 214 g/mol. The number of ketones is 2. The van der Waals surface area contributed by atoms with Crippen molar-refractivity contribution in [3.05, 3.63) is 11.1 Å². The molecule has 0 saturated carbocycles. The maximum atomic E-state index is 11.2. The zero-order valence-electron chi connectivity index (χ0n) is 8.46. The Bertz CT molecular complexity index is 300. The Hall–Kier alpha value is -0.770. The van der Waals surface area contributed by atoms with Gasteiger partial charge in [-0.05, 0) is 26.7 Å². The molecular weight excluding hydrogens is 200 g/mol. The Morgan fingerprint density at radius 3 is 1.86 bits per heavy atom. The van der Waals surface area contributed by atoms with Gasteiger partial charge in [-0.2, -0.15) is 0 Å². The number of carbonyl (C=O) groups is 2. The molecule has 1 rings (SSSR count). The molecule has 4 heteroatoms. The molecule has 0 aromatic carbocycles. The first kappa shape index (κ1) is 11.3. The van der Waals surface area contributed by atoms with E-state index in [9.17, 15) is 13.8 Å². The molecule has 0 aromatic heterocycles. The standard InChI is InChI=1S/C10H14O3S/c1-7(11)10(8(2)12)9-3-5-14(13)6-4-9/h3-6H2,1-2H3. The van der Waals surface area contributed by atoms with Crippen LogP contribution in [0.4, 0.5) is 0 Å². The van der Waals surface area contributed by atoms with Crippen LogP contribution in [-0.4, -0.2) is 27.3 Å². The van der Waals surface area contributed by atoms with Crippen molar-refractivity contribution in [3.8, 4) is 0 Å². The van der Waals surface area contributed by atoms with Gasteiger partial charge in [-0.15, -0.1) is 0 Å². The fraction of sp³-hybridized carbons (Fsp3) is 0.600. The summed E-state index contributed by atoms with van der Waals surface area (Å²) < 4.78 is 11.1. The highest BCUT2D eigenvalue weighted by Gasteiger charge is 2.20. The van der Waals surface area contributed by atoms with Gasteiger partial charge in [0, 0.05) is 22.3 Å². The third kappa shape index (κ3) is 2.61. The number of carbonyl (C=O) groups excluding carboxylic acids is 2. The van der Waals surface area contributed by atoms with E-state index in [-0.39, 0.29) is 11.6 Å². The van der Waals surface area contributed by atoms with Crippen LogP contribution >= 0.6 is 0 Å². The van der Waals surface area contributed by atoms with Gasteiger partial charge in [-0.25, -0.2) is 0 Å². The molecule has 0 amide bonds. The predicted octanol–water partition coefficient (Wildman–Crippen LogP) is 1.00. The predicted molar refractivity (Wildman–Crippen MR) is 55.5 cm³/mol. The second-order valence-corrected chi connectivity index (χ2v) is 5.14. The topological polar surface area (TPSA) is 51.2 Å². The zero-order chi connectivity index (χ0) is 10.7. The molecule has 0 atom stereocenters. The summed E-state index contributed by atoms with van der Waals surface area (Å²) in [5.74, 6) is 0.832. The van der Waals surface area contributed by atoms with E-state index in [2.05, 4.69) is 0 Å². The number of hydrogen-bond acceptors (Lipinski definition) is 3. The van der Waals surface area contributed by atoms with Crippen LogP contribution in [0.2, 0.25) is 0 Å². The molecule has 14 heavy (non-hydrogen) atoms. The summed E-state index contributed by atoms with van der Waals surface area (Å²) in [5.41, 5.74) is 1.23. The molecule has 0 radical (unpaired) electrons. The summed E-state index contributed by atoms with van der Waals surface area (Å²) in [5, 5.41) is 0. The van der Waals surface area contributed by atoms with Crippen molar-refractivity contribution >= 4 is 22.4 Å². The minimum atomic E-state index is -0.761. The number of rotatable bonds is 2. The first-order valence-corrected chi connectivity index (χ1v) is 6.10. The lowest BCUT2D eigenvalue weighted by molar-refractivity contribution is -0.119. The van der Waals surface area contributed by atoms with Crippen molar-refractivity contribution in [2.45, 2.75) is 26.7 Å². The molecule has 0 spiro atoms. The fourth-order valence-electron chi connectivity index (χ4n) is 1.70. The molecule has 1 aliphatic heterocycles. The molecule has 0 unspecified atom stereocenters. The van der Waals surface area contributed by atoms with Gasteiger partial charge in [-0.3, -0.25) is 13.8 Å². The molecule has 78 valence electrons. The molecule has 0 aromatic rings. The van der Waals surface area contributed by atoms with Gasteiger partial charge in [0.2, 0.25) is 0 Å². The second kappa shape index (κ2) is 4.64. The summed E-state index contributed by atoms with van der Waals surface area (Å²) >= 11 is 0. The molecule has 0 N–H and O–H groups in total. The summed E-state index contributed by atoms with van der Waals surface area (Å²) in [6.07, 6.45) is 1.25. The highest BCUT2D eigenvalue weighted by molar-refractivity contribution is 7.85. The van der Waals surface area contributed by atoms with Crippen molar-refractivity contribution in [1.29, 1.82) is 0 Å². The lowest BCUT2D eigenvalue weighted by atomic mass is 9.97. The minimum Gasteiger partial charge on any atom is -0.294 e.